The van der Waals surface area contributed by atoms with Gasteiger partial charge in [-0.05, 0) is 67.9 Å². The molecule has 11 nitrogen and oxygen atoms in total. The number of benzene rings is 3. The molecule has 3 aromatic carbocycles. The van der Waals surface area contributed by atoms with E-state index in [9.17, 15) is 21.6 Å². The summed E-state index contributed by atoms with van der Waals surface area (Å²) in [6, 6.07) is 14.1. The number of hydrogen-bond acceptors (Lipinski definition) is 8. The molecule has 39 heavy (non-hydrogen) atoms. The molecule has 1 heterocycles. The van der Waals surface area contributed by atoms with E-state index in [-0.39, 0.29) is 16.3 Å². The summed E-state index contributed by atoms with van der Waals surface area (Å²) in [5.41, 5.74) is 1.67. The molecular weight excluding hydrogens is 546 g/mol. The minimum Gasteiger partial charge on any atom is -0.495 e. The monoisotopic (exact) mass is 575 g/mol. The van der Waals surface area contributed by atoms with Gasteiger partial charge in [0.05, 0.1) is 29.6 Å². The normalized spacial score (nSPS) is 13.7. The Kier molecular flexibility index (Phi) is 7.93. The van der Waals surface area contributed by atoms with Crippen LogP contribution in [-0.2, 0) is 24.8 Å². The molecule has 0 aromatic heterocycles. The van der Waals surface area contributed by atoms with Crippen LogP contribution in [-0.4, -0.2) is 55.4 Å². The minimum atomic E-state index is -3.95. The van der Waals surface area contributed by atoms with Crippen LogP contribution in [0.3, 0.4) is 0 Å². The van der Waals surface area contributed by atoms with E-state index in [0.29, 0.717) is 36.1 Å². The molecule has 0 radical (unpaired) electrons. The molecule has 0 saturated carbocycles. The van der Waals surface area contributed by atoms with Gasteiger partial charge >= 0.3 is 0 Å². The third kappa shape index (κ3) is 6.37. The number of nitrogens with one attached hydrogen (secondary N) is 2. The van der Waals surface area contributed by atoms with Crippen molar-refractivity contribution in [3.63, 3.8) is 0 Å². The summed E-state index contributed by atoms with van der Waals surface area (Å²) < 4.78 is 71.0. The summed E-state index contributed by atoms with van der Waals surface area (Å²) in [4.78, 5) is 13.0. The lowest BCUT2D eigenvalue weighted by atomic mass is 10.2. The van der Waals surface area contributed by atoms with Crippen molar-refractivity contribution in [1.29, 1.82) is 0 Å². The lowest BCUT2D eigenvalue weighted by molar-refractivity contribution is -0.116. The van der Waals surface area contributed by atoms with Gasteiger partial charge in [-0.25, -0.2) is 16.8 Å². The van der Waals surface area contributed by atoms with Crippen molar-refractivity contribution in [2.24, 2.45) is 0 Å². The van der Waals surface area contributed by atoms with Gasteiger partial charge < -0.3 is 19.5 Å². The summed E-state index contributed by atoms with van der Waals surface area (Å²) in [7, 11) is -6.38. The first-order valence-corrected chi connectivity index (χ1v) is 15.2. The molecule has 3 aromatic rings. The number of sulfonamides is 2. The first kappa shape index (κ1) is 28.0. The molecule has 0 unspecified atom stereocenters. The highest BCUT2D eigenvalue weighted by Gasteiger charge is 2.30. The first-order chi connectivity index (χ1) is 18.4. The Bertz CT molecular complexity index is 1590. The Balaban J connectivity index is 1.51. The molecule has 1 atom stereocenters. The summed E-state index contributed by atoms with van der Waals surface area (Å²) >= 11 is 0. The zero-order chi connectivity index (χ0) is 28.4. The zero-order valence-corrected chi connectivity index (χ0v) is 23.4. The van der Waals surface area contributed by atoms with Gasteiger partial charge in [-0.3, -0.25) is 13.8 Å². The lowest BCUT2D eigenvalue weighted by Gasteiger charge is -2.29. The maximum atomic E-state index is 13.1. The van der Waals surface area contributed by atoms with E-state index in [4.69, 9.17) is 14.2 Å². The fourth-order valence-electron chi connectivity index (χ4n) is 4.05. The second-order valence-corrected chi connectivity index (χ2v) is 12.4. The van der Waals surface area contributed by atoms with E-state index >= 15 is 0 Å². The average molecular weight is 576 g/mol. The molecule has 208 valence electrons. The highest BCUT2D eigenvalue weighted by Crippen LogP contribution is 2.35. The number of amides is 1. The number of fused-ring (bicyclic) bond motifs is 1. The number of ether oxygens (including phenoxy) is 3. The number of anilines is 3. The molecule has 1 aliphatic heterocycles. The topological polar surface area (TPSA) is 140 Å². The summed E-state index contributed by atoms with van der Waals surface area (Å²) in [5.74, 6) is 0.624. The van der Waals surface area contributed by atoms with Gasteiger partial charge in [0.2, 0.25) is 15.9 Å². The van der Waals surface area contributed by atoms with Crippen LogP contribution in [0.5, 0.6) is 17.2 Å². The Labute approximate surface area is 227 Å². The first-order valence-electron chi connectivity index (χ1n) is 11.9. The van der Waals surface area contributed by atoms with Crippen molar-refractivity contribution in [2.45, 2.75) is 24.8 Å². The van der Waals surface area contributed by atoms with Crippen molar-refractivity contribution in [2.75, 3.05) is 40.9 Å². The van der Waals surface area contributed by atoms with E-state index < -0.39 is 32.0 Å². The molecule has 0 spiro atoms. The molecule has 13 heteroatoms. The molecule has 0 aliphatic carbocycles. The Morgan fingerprint density at radius 3 is 2.26 bits per heavy atom. The maximum Gasteiger partial charge on any atom is 0.262 e. The highest BCUT2D eigenvalue weighted by molar-refractivity contribution is 7.92. The third-order valence-corrected chi connectivity index (χ3v) is 8.52. The second-order valence-electron chi connectivity index (χ2n) is 8.89. The van der Waals surface area contributed by atoms with Gasteiger partial charge in [0.1, 0.15) is 25.0 Å². The standard InChI is InChI=1S/C26H29N3O8S2/c1-17-5-11-23(35-3)22(15-17)28-39(33,34)21-9-6-19(7-10-21)27-26(30)18(2)29(38(4,31)32)20-8-12-24-25(16-20)37-14-13-36-24/h5-12,15-16,18,28H,13-14H2,1-4H3,(H,27,30)/t18-/m1/s1. The van der Waals surface area contributed by atoms with Crippen LogP contribution in [0.15, 0.2) is 65.6 Å². The number of rotatable bonds is 9. The predicted octanol–water partition coefficient (Wildman–Crippen LogP) is 3.37. The van der Waals surface area contributed by atoms with Crippen LogP contribution in [0, 0.1) is 6.92 Å². The molecule has 0 bridgehead atoms. The number of hydrogen-bond donors (Lipinski definition) is 2. The van der Waals surface area contributed by atoms with Crippen molar-refractivity contribution in [3.05, 3.63) is 66.2 Å². The summed E-state index contributed by atoms with van der Waals surface area (Å²) in [6.45, 7) is 3.99. The molecular formula is C26H29N3O8S2. The SMILES string of the molecule is COc1ccc(C)cc1NS(=O)(=O)c1ccc(NC(=O)[C@@H](C)N(c2ccc3c(c2)OCCO3)S(C)(=O)=O)cc1. The van der Waals surface area contributed by atoms with Crippen LogP contribution in [0.25, 0.3) is 0 Å². The van der Waals surface area contributed by atoms with Gasteiger partial charge in [-0.15, -0.1) is 0 Å². The fraction of sp³-hybridized carbons (Fsp3) is 0.269. The smallest absolute Gasteiger partial charge is 0.262 e. The predicted molar refractivity (Wildman–Crippen MR) is 148 cm³/mol. The van der Waals surface area contributed by atoms with Gasteiger partial charge in [-0.1, -0.05) is 6.07 Å². The number of aryl methyl sites for hydroxylation is 1. The van der Waals surface area contributed by atoms with Crippen molar-refractivity contribution >= 4 is 43.0 Å². The van der Waals surface area contributed by atoms with Crippen LogP contribution in [0.2, 0.25) is 0 Å². The number of nitrogens with zero attached hydrogens (tertiary/aromatic N) is 1. The fourth-order valence-corrected chi connectivity index (χ4v) is 6.28. The maximum absolute atomic E-state index is 13.1. The van der Waals surface area contributed by atoms with Gasteiger partial charge in [-0.2, -0.15) is 0 Å². The summed E-state index contributed by atoms with van der Waals surface area (Å²) in [5, 5.41) is 2.64. The van der Waals surface area contributed by atoms with Gasteiger partial charge in [0.25, 0.3) is 10.0 Å². The van der Waals surface area contributed by atoms with Crippen LogP contribution in [0.4, 0.5) is 17.1 Å². The second kappa shape index (κ2) is 11.0. The number of carbonyl (C=O) groups excluding carboxylic acids is 1. The molecule has 0 saturated heterocycles. The van der Waals surface area contributed by atoms with Crippen LogP contribution < -0.4 is 28.6 Å². The average Bonchev–Trinajstić information content (AvgIpc) is 2.88. The van der Waals surface area contributed by atoms with E-state index in [2.05, 4.69) is 10.0 Å². The van der Waals surface area contributed by atoms with Crippen molar-refractivity contribution in [3.8, 4) is 17.2 Å². The lowest BCUT2D eigenvalue weighted by Crippen LogP contribution is -2.45. The van der Waals surface area contributed by atoms with Gasteiger partial charge in [0.15, 0.2) is 11.5 Å². The number of carbonyl (C=O) groups is 1. The molecule has 1 amide bonds. The summed E-state index contributed by atoms with van der Waals surface area (Å²) in [6.07, 6.45) is 1.00. The van der Waals surface area contributed by atoms with Crippen LogP contribution >= 0.6 is 0 Å². The van der Waals surface area contributed by atoms with E-state index in [1.54, 1.807) is 24.3 Å². The van der Waals surface area contributed by atoms with E-state index in [0.717, 1.165) is 16.1 Å². The van der Waals surface area contributed by atoms with Crippen molar-refractivity contribution in [1.82, 2.24) is 0 Å². The molecule has 1 aliphatic rings. The Morgan fingerprint density at radius 1 is 0.949 bits per heavy atom. The molecule has 2 N–H and O–H groups in total. The van der Waals surface area contributed by atoms with E-state index in [1.165, 1.54) is 50.4 Å². The zero-order valence-electron chi connectivity index (χ0n) is 21.8. The van der Waals surface area contributed by atoms with Crippen molar-refractivity contribution < 1.29 is 35.8 Å². The Hall–Kier alpha value is -3.97. The highest BCUT2D eigenvalue weighted by atomic mass is 32.2. The molecule has 4 rings (SSSR count). The third-order valence-electron chi connectivity index (χ3n) is 5.90. The number of methoxy groups -OCH3 is 1. The quantitative estimate of drug-likeness (QED) is 0.396. The molecule has 0 fully saturated rings. The largest absolute Gasteiger partial charge is 0.495 e. The van der Waals surface area contributed by atoms with Crippen LogP contribution in [0.1, 0.15) is 12.5 Å². The minimum absolute atomic E-state index is 0.0360. The van der Waals surface area contributed by atoms with E-state index in [1.807, 2.05) is 6.92 Å². The Morgan fingerprint density at radius 2 is 1.62 bits per heavy atom. The van der Waals surface area contributed by atoms with Gasteiger partial charge in [0, 0.05) is 11.8 Å².